The molecule has 1 amide bonds. The van der Waals surface area contributed by atoms with Crippen LogP contribution in [0.3, 0.4) is 0 Å². The van der Waals surface area contributed by atoms with E-state index in [1.165, 1.54) is 6.07 Å². The Bertz CT molecular complexity index is 422. The van der Waals surface area contributed by atoms with Crippen molar-refractivity contribution in [2.24, 2.45) is 5.92 Å². The maximum Gasteiger partial charge on any atom is 0.227 e. The van der Waals surface area contributed by atoms with Gasteiger partial charge in [-0.25, -0.2) is 4.39 Å². The van der Waals surface area contributed by atoms with E-state index in [1.54, 1.807) is 30.1 Å². The Morgan fingerprint density at radius 2 is 2.21 bits per heavy atom. The molecule has 0 bridgehead atoms. The number of piperidine rings is 1. The van der Waals surface area contributed by atoms with Crippen molar-refractivity contribution in [3.63, 3.8) is 0 Å². The third-order valence-corrected chi connectivity index (χ3v) is 3.39. The first-order valence-corrected chi connectivity index (χ1v) is 6.37. The fourth-order valence-corrected chi connectivity index (χ4v) is 2.33. The van der Waals surface area contributed by atoms with Gasteiger partial charge in [-0.15, -0.1) is 12.4 Å². The lowest BCUT2D eigenvalue weighted by Crippen LogP contribution is -2.41. The Labute approximate surface area is 119 Å². The molecule has 1 aliphatic rings. The van der Waals surface area contributed by atoms with E-state index < -0.39 is 0 Å². The molecule has 106 valence electrons. The molecule has 0 radical (unpaired) electrons. The lowest BCUT2D eigenvalue weighted by molar-refractivity contribution is -0.135. The molecular formula is C14H20ClFN2O. The van der Waals surface area contributed by atoms with Crippen molar-refractivity contribution in [1.82, 2.24) is 10.2 Å². The molecule has 0 unspecified atom stereocenters. The predicted octanol–water partition coefficient (Wildman–Crippen LogP) is 2.21. The van der Waals surface area contributed by atoms with Gasteiger partial charge >= 0.3 is 0 Å². The number of hydrogen-bond donors (Lipinski definition) is 1. The molecule has 5 heteroatoms. The van der Waals surface area contributed by atoms with Crippen LogP contribution in [0, 0.1) is 11.7 Å². The van der Waals surface area contributed by atoms with E-state index in [0.29, 0.717) is 12.1 Å². The minimum absolute atomic E-state index is 0. The number of carbonyl (C=O) groups excluding carboxylic acids is 1. The summed E-state index contributed by atoms with van der Waals surface area (Å²) in [6, 6.07) is 6.60. The van der Waals surface area contributed by atoms with Gasteiger partial charge in [0.2, 0.25) is 5.91 Å². The lowest BCUT2D eigenvalue weighted by Gasteiger charge is -2.27. The summed E-state index contributed by atoms with van der Waals surface area (Å²) in [7, 11) is 1.74. The minimum atomic E-state index is -0.251. The molecule has 1 N–H and O–H groups in total. The van der Waals surface area contributed by atoms with Crippen molar-refractivity contribution in [2.75, 3.05) is 20.1 Å². The van der Waals surface area contributed by atoms with Gasteiger partial charge in [0.15, 0.2) is 0 Å². The van der Waals surface area contributed by atoms with Gasteiger partial charge < -0.3 is 10.2 Å². The first kappa shape index (κ1) is 15.9. The van der Waals surface area contributed by atoms with Crippen LogP contribution in [-0.2, 0) is 11.3 Å². The van der Waals surface area contributed by atoms with E-state index in [4.69, 9.17) is 0 Å². The third kappa shape index (κ3) is 4.18. The SMILES string of the molecule is CN(Cc1ccccc1F)C(=O)[C@@H]1CCCNC1.Cl. The fraction of sp³-hybridized carbons (Fsp3) is 0.500. The third-order valence-electron chi connectivity index (χ3n) is 3.39. The van der Waals surface area contributed by atoms with E-state index >= 15 is 0 Å². The van der Waals surface area contributed by atoms with Gasteiger partial charge in [0.25, 0.3) is 0 Å². The van der Waals surface area contributed by atoms with E-state index in [0.717, 1.165) is 25.9 Å². The summed E-state index contributed by atoms with van der Waals surface area (Å²) in [5.74, 6) is -0.111. The summed E-state index contributed by atoms with van der Waals surface area (Å²) >= 11 is 0. The van der Waals surface area contributed by atoms with Crippen LogP contribution in [0.1, 0.15) is 18.4 Å². The topological polar surface area (TPSA) is 32.3 Å². The van der Waals surface area contributed by atoms with Crippen LogP contribution in [0.5, 0.6) is 0 Å². The largest absolute Gasteiger partial charge is 0.341 e. The molecule has 0 spiro atoms. The molecule has 2 rings (SSSR count). The highest BCUT2D eigenvalue weighted by molar-refractivity contribution is 5.85. The molecule has 1 heterocycles. The van der Waals surface area contributed by atoms with Crippen molar-refractivity contribution >= 4 is 18.3 Å². The average molecular weight is 287 g/mol. The molecule has 0 saturated carbocycles. The van der Waals surface area contributed by atoms with E-state index in [-0.39, 0.29) is 30.0 Å². The maximum atomic E-state index is 13.5. The highest BCUT2D eigenvalue weighted by Gasteiger charge is 2.24. The predicted molar refractivity (Wildman–Crippen MR) is 75.7 cm³/mol. The van der Waals surface area contributed by atoms with Crippen molar-refractivity contribution in [3.8, 4) is 0 Å². The second-order valence-electron chi connectivity index (χ2n) is 4.83. The molecule has 1 aromatic carbocycles. The zero-order valence-electron chi connectivity index (χ0n) is 11.1. The highest BCUT2D eigenvalue weighted by atomic mass is 35.5. The summed E-state index contributed by atoms with van der Waals surface area (Å²) in [4.78, 5) is 13.8. The summed E-state index contributed by atoms with van der Waals surface area (Å²) in [6.45, 7) is 2.06. The molecule has 0 aliphatic carbocycles. The second kappa shape index (κ2) is 7.46. The molecular weight excluding hydrogens is 267 g/mol. The smallest absolute Gasteiger partial charge is 0.227 e. The van der Waals surface area contributed by atoms with Gasteiger partial charge in [0.1, 0.15) is 5.82 Å². The van der Waals surface area contributed by atoms with Crippen LogP contribution >= 0.6 is 12.4 Å². The monoisotopic (exact) mass is 286 g/mol. The van der Waals surface area contributed by atoms with Crippen LogP contribution in [0.25, 0.3) is 0 Å². The molecule has 1 saturated heterocycles. The van der Waals surface area contributed by atoms with Crippen molar-refractivity contribution in [2.45, 2.75) is 19.4 Å². The van der Waals surface area contributed by atoms with Crippen LogP contribution in [0.4, 0.5) is 4.39 Å². The Kier molecular flexibility index (Phi) is 6.25. The zero-order valence-corrected chi connectivity index (χ0v) is 11.9. The number of benzene rings is 1. The lowest BCUT2D eigenvalue weighted by atomic mass is 9.98. The first-order chi connectivity index (χ1) is 8.68. The molecule has 19 heavy (non-hydrogen) atoms. The van der Waals surface area contributed by atoms with Gasteiger partial charge in [-0.2, -0.15) is 0 Å². The molecule has 1 aromatic rings. The van der Waals surface area contributed by atoms with E-state index in [2.05, 4.69) is 5.32 Å². The molecule has 3 nitrogen and oxygen atoms in total. The van der Waals surface area contributed by atoms with Gasteiger partial charge in [-0.05, 0) is 25.5 Å². The fourth-order valence-electron chi connectivity index (χ4n) is 2.33. The van der Waals surface area contributed by atoms with Crippen LogP contribution in [-0.4, -0.2) is 30.9 Å². The average Bonchev–Trinajstić information content (AvgIpc) is 2.41. The summed E-state index contributed by atoms with van der Waals surface area (Å²) in [5.41, 5.74) is 0.567. The van der Waals surface area contributed by atoms with E-state index in [9.17, 15) is 9.18 Å². The Hall–Kier alpha value is -1.13. The minimum Gasteiger partial charge on any atom is -0.341 e. The second-order valence-corrected chi connectivity index (χ2v) is 4.83. The van der Waals surface area contributed by atoms with Crippen molar-refractivity contribution in [1.29, 1.82) is 0 Å². The maximum absolute atomic E-state index is 13.5. The zero-order chi connectivity index (χ0) is 13.0. The number of amides is 1. The molecule has 1 atom stereocenters. The van der Waals surface area contributed by atoms with Crippen LogP contribution in [0.2, 0.25) is 0 Å². The Balaban J connectivity index is 0.00000180. The summed E-state index contributed by atoms with van der Waals surface area (Å²) < 4.78 is 13.5. The van der Waals surface area contributed by atoms with E-state index in [1.807, 2.05) is 0 Å². The summed E-state index contributed by atoms with van der Waals surface area (Å²) in [5, 5.41) is 3.22. The summed E-state index contributed by atoms with van der Waals surface area (Å²) in [6.07, 6.45) is 1.96. The molecule has 0 aromatic heterocycles. The highest BCUT2D eigenvalue weighted by Crippen LogP contribution is 2.15. The van der Waals surface area contributed by atoms with Gasteiger partial charge in [0.05, 0.1) is 5.92 Å². The van der Waals surface area contributed by atoms with Gasteiger partial charge in [-0.3, -0.25) is 4.79 Å². The Morgan fingerprint density at radius 1 is 1.47 bits per heavy atom. The van der Waals surface area contributed by atoms with Crippen molar-refractivity contribution < 1.29 is 9.18 Å². The number of carbonyl (C=O) groups is 1. The number of hydrogen-bond acceptors (Lipinski definition) is 2. The van der Waals surface area contributed by atoms with Gasteiger partial charge in [-0.1, -0.05) is 18.2 Å². The Morgan fingerprint density at radius 3 is 2.84 bits per heavy atom. The number of nitrogens with zero attached hydrogens (tertiary/aromatic N) is 1. The van der Waals surface area contributed by atoms with Crippen LogP contribution in [0.15, 0.2) is 24.3 Å². The number of nitrogens with one attached hydrogen (secondary N) is 1. The molecule has 1 fully saturated rings. The first-order valence-electron chi connectivity index (χ1n) is 6.37. The standard InChI is InChI=1S/C14H19FN2O.ClH/c1-17(10-12-5-2-3-7-13(12)15)14(18)11-6-4-8-16-9-11;/h2-3,5,7,11,16H,4,6,8-10H2,1H3;1H/t11-;/m1./s1. The quantitative estimate of drug-likeness (QED) is 0.924. The van der Waals surface area contributed by atoms with Crippen molar-refractivity contribution in [3.05, 3.63) is 35.6 Å². The number of halogens is 2. The molecule has 1 aliphatic heterocycles. The van der Waals surface area contributed by atoms with Gasteiger partial charge in [0, 0.05) is 25.7 Å². The number of rotatable bonds is 3. The normalized spacial score (nSPS) is 18.5. The van der Waals surface area contributed by atoms with Crippen LogP contribution < -0.4 is 5.32 Å².